The second kappa shape index (κ2) is 14.6. The molecule has 0 bridgehead atoms. The van der Waals surface area contributed by atoms with E-state index >= 15 is 0 Å². The van der Waals surface area contributed by atoms with Gasteiger partial charge in [0.1, 0.15) is 18.1 Å². The van der Waals surface area contributed by atoms with Gasteiger partial charge in [-0.15, -0.1) is 0 Å². The first kappa shape index (κ1) is 29.6. The minimum absolute atomic E-state index is 0.00250. The molecule has 0 saturated heterocycles. The van der Waals surface area contributed by atoms with Gasteiger partial charge in [-0.3, -0.25) is 19.2 Å². The van der Waals surface area contributed by atoms with Crippen LogP contribution in [0.25, 0.3) is 0 Å². The fourth-order valence-electron chi connectivity index (χ4n) is 2.63. The van der Waals surface area contributed by atoms with E-state index in [1.165, 1.54) is 18.7 Å². The number of carboxylic acids is 1. The molecule has 13 heteroatoms. The van der Waals surface area contributed by atoms with Crippen molar-refractivity contribution in [1.82, 2.24) is 16.0 Å². The van der Waals surface area contributed by atoms with Crippen LogP contribution in [0.15, 0.2) is 0 Å². The molecule has 4 amide bonds. The van der Waals surface area contributed by atoms with Crippen LogP contribution in [0.2, 0.25) is 0 Å². The van der Waals surface area contributed by atoms with Crippen LogP contribution in [0.4, 0.5) is 0 Å². The predicted molar refractivity (Wildman–Crippen MR) is 119 cm³/mol. The van der Waals surface area contributed by atoms with Crippen molar-refractivity contribution in [1.29, 1.82) is 0 Å². The third kappa shape index (κ3) is 10.8. The lowest BCUT2D eigenvalue weighted by Gasteiger charge is -2.27. The van der Waals surface area contributed by atoms with E-state index in [-0.39, 0.29) is 19.3 Å². The molecule has 0 aliphatic heterocycles. The molecule has 0 aromatic rings. The molecule has 0 spiro atoms. The average molecular weight is 478 g/mol. The lowest BCUT2D eigenvalue weighted by molar-refractivity contribution is -0.144. The van der Waals surface area contributed by atoms with Gasteiger partial charge >= 0.3 is 5.97 Å². The number of primary amides is 1. The monoisotopic (exact) mass is 477 g/mol. The smallest absolute Gasteiger partial charge is 0.326 e. The summed E-state index contributed by atoms with van der Waals surface area (Å²) in [5.41, 5.74) is 10.8. The maximum absolute atomic E-state index is 12.8. The molecule has 5 atom stereocenters. The molecule has 0 aliphatic rings. The van der Waals surface area contributed by atoms with Gasteiger partial charge in [-0.1, -0.05) is 13.8 Å². The first-order chi connectivity index (χ1) is 14.8. The number of aliphatic hydroxyl groups is 1. The normalized spacial score (nSPS) is 15.7. The van der Waals surface area contributed by atoms with Gasteiger partial charge in [-0.05, 0) is 37.7 Å². The standard InChI is InChI=1S/C19H35N5O7S/c1-9(2)14(19(30)31)23-18(29)15(10(3)25)24-17(28)12(7-8-32-4)22-16(27)11(20)5-6-13(21)26/h9-12,14-15,25H,5-8,20H2,1-4H3,(H2,21,26)(H,22,27)(H,23,29)(H,24,28)(H,30,31). The Kier molecular flexibility index (Phi) is 13.5. The summed E-state index contributed by atoms with van der Waals surface area (Å²) >= 11 is 1.43. The van der Waals surface area contributed by atoms with Gasteiger partial charge in [0.2, 0.25) is 23.6 Å². The first-order valence-electron chi connectivity index (χ1n) is 10.2. The van der Waals surface area contributed by atoms with E-state index in [9.17, 15) is 34.2 Å². The SMILES string of the molecule is CSCCC(NC(=O)C(N)CCC(N)=O)C(=O)NC(C(=O)NC(C(=O)O)C(C)C)C(C)O. The van der Waals surface area contributed by atoms with Crippen LogP contribution in [-0.2, 0) is 24.0 Å². The number of aliphatic carboxylic acids is 1. The first-order valence-corrected chi connectivity index (χ1v) is 11.6. The highest BCUT2D eigenvalue weighted by atomic mass is 32.2. The number of nitrogens with two attached hydrogens (primary N) is 2. The molecule has 0 aromatic heterocycles. The summed E-state index contributed by atoms with van der Waals surface area (Å²) in [4.78, 5) is 59.9. The van der Waals surface area contributed by atoms with Crippen LogP contribution in [0.1, 0.15) is 40.0 Å². The van der Waals surface area contributed by atoms with E-state index in [2.05, 4.69) is 16.0 Å². The van der Waals surface area contributed by atoms with Crippen LogP contribution in [0, 0.1) is 5.92 Å². The van der Waals surface area contributed by atoms with Gasteiger partial charge in [0.25, 0.3) is 0 Å². The lowest BCUT2D eigenvalue weighted by atomic mass is 10.0. The number of hydrogen-bond acceptors (Lipinski definition) is 8. The van der Waals surface area contributed by atoms with Gasteiger partial charge in [-0.25, -0.2) is 4.79 Å². The van der Waals surface area contributed by atoms with Crippen molar-refractivity contribution < 1.29 is 34.2 Å². The molecule has 32 heavy (non-hydrogen) atoms. The molecule has 0 aliphatic carbocycles. The highest BCUT2D eigenvalue weighted by Crippen LogP contribution is 2.06. The van der Waals surface area contributed by atoms with E-state index < -0.39 is 65.8 Å². The summed E-state index contributed by atoms with van der Waals surface area (Å²) in [6.07, 6.45) is 0.581. The zero-order valence-corrected chi connectivity index (χ0v) is 19.6. The zero-order chi connectivity index (χ0) is 25.0. The second-order valence-corrected chi connectivity index (χ2v) is 8.74. The molecular formula is C19H35N5O7S. The second-order valence-electron chi connectivity index (χ2n) is 7.75. The molecule has 0 fully saturated rings. The molecule has 0 radical (unpaired) electrons. The fraction of sp³-hybridized carbons (Fsp3) is 0.737. The number of carbonyl (C=O) groups excluding carboxylic acids is 4. The number of nitrogens with one attached hydrogen (secondary N) is 3. The molecule has 184 valence electrons. The van der Waals surface area contributed by atoms with Crippen molar-refractivity contribution >= 4 is 41.4 Å². The maximum atomic E-state index is 12.8. The van der Waals surface area contributed by atoms with E-state index in [0.29, 0.717) is 5.75 Å². The van der Waals surface area contributed by atoms with E-state index in [4.69, 9.17) is 11.5 Å². The van der Waals surface area contributed by atoms with Crippen molar-refractivity contribution in [3.05, 3.63) is 0 Å². The Balaban J connectivity index is 5.34. The van der Waals surface area contributed by atoms with Crippen LogP contribution >= 0.6 is 11.8 Å². The third-order valence-corrected chi connectivity index (χ3v) is 5.22. The number of aliphatic hydroxyl groups excluding tert-OH is 1. The van der Waals surface area contributed by atoms with Gasteiger partial charge < -0.3 is 37.6 Å². The predicted octanol–water partition coefficient (Wildman–Crippen LogP) is -2.09. The minimum atomic E-state index is -1.44. The molecule has 5 unspecified atom stereocenters. The van der Waals surface area contributed by atoms with E-state index in [0.717, 1.165) is 0 Å². The number of amides is 4. The van der Waals surface area contributed by atoms with Gasteiger partial charge in [0.05, 0.1) is 12.1 Å². The fourth-order valence-corrected chi connectivity index (χ4v) is 3.10. The van der Waals surface area contributed by atoms with Crippen molar-refractivity contribution in [3.63, 3.8) is 0 Å². The number of thioether (sulfide) groups is 1. The summed E-state index contributed by atoms with van der Waals surface area (Å²) in [6, 6.07) is -4.79. The number of rotatable bonds is 15. The topological polar surface area (TPSA) is 214 Å². The van der Waals surface area contributed by atoms with E-state index in [1.807, 2.05) is 0 Å². The Hall–Kier alpha value is -2.38. The summed E-state index contributed by atoms with van der Waals surface area (Å²) in [7, 11) is 0. The molecule has 12 nitrogen and oxygen atoms in total. The average Bonchev–Trinajstić information content (AvgIpc) is 2.69. The molecule has 9 N–H and O–H groups in total. The third-order valence-electron chi connectivity index (χ3n) is 4.58. The minimum Gasteiger partial charge on any atom is -0.480 e. The summed E-state index contributed by atoms with van der Waals surface area (Å²) < 4.78 is 0. The molecular weight excluding hydrogens is 442 g/mol. The van der Waals surface area contributed by atoms with E-state index in [1.54, 1.807) is 20.1 Å². The zero-order valence-electron chi connectivity index (χ0n) is 18.8. The Morgan fingerprint density at radius 2 is 1.47 bits per heavy atom. The Morgan fingerprint density at radius 1 is 0.906 bits per heavy atom. The van der Waals surface area contributed by atoms with Gasteiger partial charge in [0.15, 0.2) is 0 Å². The van der Waals surface area contributed by atoms with Crippen LogP contribution in [0.3, 0.4) is 0 Å². The van der Waals surface area contributed by atoms with Crippen molar-refractivity contribution in [3.8, 4) is 0 Å². The molecule has 0 saturated carbocycles. The van der Waals surface area contributed by atoms with Crippen molar-refractivity contribution in [2.24, 2.45) is 17.4 Å². The highest BCUT2D eigenvalue weighted by Gasteiger charge is 2.33. The van der Waals surface area contributed by atoms with Gasteiger partial charge in [0, 0.05) is 6.42 Å². The Labute approximate surface area is 191 Å². The molecule has 0 heterocycles. The Morgan fingerprint density at radius 3 is 1.91 bits per heavy atom. The van der Waals surface area contributed by atoms with Gasteiger partial charge in [-0.2, -0.15) is 11.8 Å². The lowest BCUT2D eigenvalue weighted by Crippen LogP contribution is -2.60. The molecule has 0 aromatic carbocycles. The van der Waals surface area contributed by atoms with Crippen LogP contribution in [0.5, 0.6) is 0 Å². The van der Waals surface area contributed by atoms with Crippen molar-refractivity contribution in [2.75, 3.05) is 12.0 Å². The summed E-state index contributed by atoms with van der Waals surface area (Å²) in [6.45, 7) is 4.47. The van der Waals surface area contributed by atoms with Crippen LogP contribution in [-0.4, -0.2) is 82.1 Å². The summed E-state index contributed by atoms with van der Waals surface area (Å²) in [5.74, 6) is -4.09. The summed E-state index contributed by atoms with van der Waals surface area (Å²) in [5, 5.41) is 26.4. The van der Waals surface area contributed by atoms with Crippen LogP contribution < -0.4 is 27.4 Å². The molecule has 0 rings (SSSR count). The Bertz CT molecular complexity index is 674. The maximum Gasteiger partial charge on any atom is 0.326 e. The number of carbonyl (C=O) groups is 5. The number of hydrogen-bond donors (Lipinski definition) is 7. The number of carboxylic acid groups (broad SMARTS) is 1. The quantitative estimate of drug-likeness (QED) is 0.137. The van der Waals surface area contributed by atoms with Crippen molar-refractivity contribution in [2.45, 2.75) is 70.3 Å². The largest absolute Gasteiger partial charge is 0.480 e. The highest BCUT2D eigenvalue weighted by molar-refractivity contribution is 7.98.